The molecule has 0 amide bonds. The van der Waals surface area contributed by atoms with Gasteiger partial charge in [-0.15, -0.1) is 0 Å². The Bertz CT molecular complexity index is 193. The zero-order valence-electron chi connectivity index (χ0n) is 6.27. The molecule has 1 rings (SSSR count). The van der Waals surface area contributed by atoms with Gasteiger partial charge in [0.25, 0.3) is 0 Å². The molecule has 58 valence electrons. The quantitative estimate of drug-likeness (QED) is 0.642. The van der Waals surface area contributed by atoms with Crippen LogP contribution < -0.4 is 5.73 Å². The van der Waals surface area contributed by atoms with Gasteiger partial charge in [-0.1, -0.05) is 30.3 Å². The summed E-state index contributed by atoms with van der Waals surface area (Å²) in [5.74, 6) is 0. The van der Waals surface area contributed by atoms with E-state index in [0.29, 0.717) is 0 Å². The minimum Gasteiger partial charge on any atom is -0.330 e. The van der Waals surface area contributed by atoms with Gasteiger partial charge in [0.2, 0.25) is 0 Å². The van der Waals surface area contributed by atoms with Crippen LogP contribution >= 0.6 is 0 Å². The Kier molecular flexibility index (Phi) is 5.86. The standard InChI is InChI=1S/C8H11N.N2/c9-7-6-8-4-2-1-3-5-8;1-2/h1-5H,6-7,9H2;. The first-order valence-corrected chi connectivity index (χ1v) is 3.37. The van der Waals surface area contributed by atoms with E-state index >= 15 is 0 Å². The smallest absolute Gasteiger partial charge is 0 e. The zero-order valence-corrected chi connectivity index (χ0v) is 6.27. The molecule has 0 fully saturated rings. The third-order valence-corrected chi connectivity index (χ3v) is 1.28. The molecule has 0 aliphatic rings. The molecule has 0 saturated carbocycles. The summed E-state index contributed by atoms with van der Waals surface area (Å²) >= 11 is 0. The van der Waals surface area contributed by atoms with Gasteiger partial charge >= 0.3 is 0 Å². The molecule has 1 aromatic carbocycles. The van der Waals surface area contributed by atoms with Crippen LogP contribution in [-0.2, 0) is 6.42 Å². The van der Waals surface area contributed by atoms with Crippen molar-refractivity contribution >= 4 is 0 Å². The second-order valence-electron chi connectivity index (χ2n) is 2.02. The van der Waals surface area contributed by atoms with Crippen LogP contribution in [0, 0.1) is 10.8 Å². The van der Waals surface area contributed by atoms with Crippen molar-refractivity contribution in [2.24, 2.45) is 5.73 Å². The van der Waals surface area contributed by atoms with Gasteiger partial charge in [-0.2, -0.15) is 0 Å². The molecule has 0 heterocycles. The summed E-state index contributed by atoms with van der Waals surface area (Å²) in [7, 11) is 0. The first-order chi connectivity index (χ1) is 5.43. The lowest BCUT2D eigenvalue weighted by Crippen LogP contribution is -2.01. The molecule has 0 saturated heterocycles. The molecule has 3 heteroatoms. The lowest BCUT2D eigenvalue weighted by atomic mass is 10.2. The Hall–Kier alpha value is -1.40. The van der Waals surface area contributed by atoms with Crippen LogP contribution in [0.2, 0.25) is 0 Å². The highest BCUT2D eigenvalue weighted by Crippen LogP contribution is 1.96. The average Bonchev–Trinajstić information content (AvgIpc) is 2.11. The van der Waals surface area contributed by atoms with Crippen LogP contribution in [0.25, 0.3) is 0 Å². The molecule has 1 aromatic rings. The second kappa shape index (κ2) is 6.72. The van der Waals surface area contributed by atoms with E-state index in [9.17, 15) is 0 Å². The third kappa shape index (κ3) is 4.06. The van der Waals surface area contributed by atoms with Crippen molar-refractivity contribution in [1.29, 1.82) is 10.8 Å². The monoisotopic (exact) mass is 149 g/mol. The van der Waals surface area contributed by atoms with E-state index in [1.807, 2.05) is 18.2 Å². The van der Waals surface area contributed by atoms with Gasteiger partial charge in [0.05, 0.1) is 0 Å². The summed E-state index contributed by atoms with van der Waals surface area (Å²) in [6.07, 6.45) is 0.987. The summed E-state index contributed by atoms with van der Waals surface area (Å²) in [4.78, 5) is 0. The van der Waals surface area contributed by atoms with Gasteiger partial charge in [0.15, 0.2) is 0 Å². The van der Waals surface area contributed by atoms with Gasteiger partial charge < -0.3 is 5.73 Å². The number of nitrogens with zero attached hydrogens (tertiary/aromatic N) is 2. The summed E-state index contributed by atoms with van der Waals surface area (Å²) in [6, 6.07) is 10.3. The van der Waals surface area contributed by atoms with Crippen molar-refractivity contribution in [3.05, 3.63) is 35.9 Å². The van der Waals surface area contributed by atoms with E-state index < -0.39 is 0 Å². The minimum absolute atomic E-state index is 0.740. The van der Waals surface area contributed by atoms with Crippen molar-refractivity contribution in [1.82, 2.24) is 0 Å². The van der Waals surface area contributed by atoms with Gasteiger partial charge in [-0.25, -0.2) is 0 Å². The van der Waals surface area contributed by atoms with Crippen molar-refractivity contribution < 1.29 is 0 Å². The number of hydrogen-bond donors (Lipinski definition) is 1. The largest absolute Gasteiger partial charge is 0.330 e. The molecule has 3 nitrogen and oxygen atoms in total. The Morgan fingerprint density at radius 3 is 2.09 bits per heavy atom. The van der Waals surface area contributed by atoms with Gasteiger partial charge in [0.1, 0.15) is 0 Å². The normalized spacial score (nSPS) is 7.91. The second-order valence-corrected chi connectivity index (χ2v) is 2.02. The maximum atomic E-state index is 6.00. The molecule has 0 unspecified atom stereocenters. The molecule has 0 spiro atoms. The van der Waals surface area contributed by atoms with Gasteiger partial charge in [-0.3, -0.25) is 0 Å². The Morgan fingerprint density at radius 2 is 1.64 bits per heavy atom. The minimum atomic E-state index is 0.740. The molecule has 0 atom stereocenters. The van der Waals surface area contributed by atoms with Crippen molar-refractivity contribution in [3.8, 4) is 0 Å². The van der Waals surface area contributed by atoms with Crippen LogP contribution in [0.1, 0.15) is 5.56 Å². The van der Waals surface area contributed by atoms with Crippen LogP contribution in [0.4, 0.5) is 0 Å². The van der Waals surface area contributed by atoms with E-state index in [2.05, 4.69) is 12.1 Å². The van der Waals surface area contributed by atoms with E-state index in [-0.39, 0.29) is 0 Å². The molecule has 0 aromatic heterocycles. The SMILES string of the molecule is N#N.NCCc1ccccc1. The third-order valence-electron chi connectivity index (χ3n) is 1.28. The summed E-state index contributed by atoms with van der Waals surface area (Å²) in [5, 5.41) is 12.0. The fraction of sp³-hybridized carbons (Fsp3) is 0.250. The predicted octanol–water partition coefficient (Wildman–Crippen LogP) is 1.22. The summed E-state index contributed by atoms with van der Waals surface area (Å²) in [6.45, 7) is 0.740. The van der Waals surface area contributed by atoms with E-state index in [1.54, 1.807) is 0 Å². The zero-order chi connectivity index (χ0) is 8.53. The molecular formula is C8H11N3. The maximum Gasteiger partial charge on any atom is 0 e. The Labute approximate surface area is 66.3 Å². The molecule has 0 aliphatic heterocycles. The van der Waals surface area contributed by atoms with Crippen LogP contribution in [0.3, 0.4) is 0 Å². The summed E-state index contributed by atoms with van der Waals surface area (Å²) < 4.78 is 0. The van der Waals surface area contributed by atoms with Gasteiger partial charge in [0, 0.05) is 10.8 Å². The maximum absolute atomic E-state index is 6.00. The first-order valence-electron chi connectivity index (χ1n) is 3.37. The average molecular weight is 149 g/mol. The molecule has 0 aliphatic carbocycles. The van der Waals surface area contributed by atoms with E-state index in [0.717, 1.165) is 13.0 Å². The van der Waals surface area contributed by atoms with Crippen LogP contribution in [0.15, 0.2) is 30.3 Å². The van der Waals surface area contributed by atoms with Crippen LogP contribution in [0.5, 0.6) is 0 Å². The fourth-order valence-corrected chi connectivity index (χ4v) is 0.811. The number of nitrogens with two attached hydrogens (primary N) is 1. The predicted molar refractivity (Wildman–Crippen MR) is 42.7 cm³/mol. The Morgan fingerprint density at radius 1 is 1.09 bits per heavy atom. The lowest BCUT2D eigenvalue weighted by molar-refractivity contribution is 0.969. The molecule has 0 bridgehead atoms. The summed E-state index contributed by atoms with van der Waals surface area (Å²) in [5.41, 5.74) is 6.68. The molecular weight excluding hydrogens is 138 g/mol. The highest BCUT2D eigenvalue weighted by Gasteiger charge is 1.84. The number of rotatable bonds is 2. The molecule has 2 N–H and O–H groups in total. The number of hydrogen-bond acceptors (Lipinski definition) is 3. The highest BCUT2D eigenvalue weighted by molar-refractivity contribution is 5.14. The molecule has 0 radical (unpaired) electrons. The van der Waals surface area contributed by atoms with Gasteiger partial charge in [-0.05, 0) is 18.5 Å². The van der Waals surface area contributed by atoms with Crippen molar-refractivity contribution in [2.75, 3.05) is 6.54 Å². The highest BCUT2D eigenvalue weighted by atomic mass is 14.6. The number of benzene rings is 1. The van der Waals surface area contributed by atoms with Crippen molar-refractivity contribution in [3.63, 3.8) is 0 Å². The van der Waals surface area contributed by atoms with Crippen LogP contribution in [-0.4, -0.2) is 6.54 Å². The fourth-order valence-electron chi connectivity index (χ4n) is 0.811. The van der Waals surface area contributed by atoms with Crippen molar-refractivity contribution in [2.45, 2.75) is 6.42 Å². The lowest BCUT2D eigenvalue weighted by Gasteiger charge is -1.93. The first kappa shape index (κ1) is 9.60. The van der Waals surface area contributed by atoms with E-state index in [1.165, 1.54) is 5.56 Å². The molecule has 11 heavy (non-hydrogen) atoms. The topological polar surface area (TPSA) is 73.6 Å². The van der Waals surface area contributed by atoms with E-state index in [4.69, 9.17) is 16.5 Å². The Balaban J connectivity index is 0.000000461.